The lowest BCUT2D eigenvalue weighted by atomic mass is 10.1. The minimum absolute atomic E-state index is 0.244. The van der Waals surface area contributed by atoms with Gasteiger partial charge in [-0.05, 0) is 17.7 Å². The Hall–Kier alpha value is -2.94. The molecule has 6 heteroatoms. The lowest BCUT2D eigenvalue weighted by molar-refractivity contribution is 0.0697. The number of anilines is 1. The largest absolute Gasteiger partial charge is 0.478 e. The van der Waals surface area contributed by atoms with Crippen LogP contribution >= 0.6 is 0 Å². The lowest BCUT2D eigenvalue weighted by Gasteiger charge is -2.18. The normalized spacial score (nSPS) is 9.80. The van der Waals surface area contributed by atoms with Gasteiger partial charge in [0, 0.05) is 26.0 Å². The van der Waals surface area contributed by atoms with E-state index in [0.29, 0.717) is 12.4 Å². The smallest absolute Gasteiger partial charge is 0.335 e. The molecular formula is C14H12N4O2. The molecule has 0 unspecified atom stereocenters. The molecule has 2 aromatic rings. The highest BCUT2D eigenvalue weighted by Crippen LogP contribution is 2.15. The van der Waals surface area contributed by atoms with E-state index in [4.69, 9.17) is 10.4 Å². The zero-order valence-corrected chi connectivity index (χ0v) is 10.8. The van der Waals surface area contributed by atoms with Gasteiger partial charge in [0.1, 0.15) is 6.07 Å². The van der Waals surface area contributed by atoms with Gasteiger partial charge in [0.2, 0.25) is 0 Å². The lowest BCUT2D eigenvalue weighted by Crippen LogP contribution is -2.19. The van der Waals surface area contributed by atoms with Crippen molar-refractivity contribution in [3.8, 4) is 6.07 Å². The molecule has 0 aliphatic heterocycles. The van der Waals surface area contributed by atoms with Crippen molar-refractivity contribution in [3.05, 3.63) is 53.5 Å². The molecule has 0 amide bonds. The fourth-order valence-corrected chi connectivity index (χ4v) is 1.79. The van der Waals surface area contributed by atoms with Crippen LogP contribution < -0.4 is 4.90 Å². The molecule has 1 aromatic heterocycles. The average molecular weight is 268 g/mol. The molecule has 0 aliphatic carbocycles. The van der Waals surface area contributed by atoms with Crippen LogP contribution in [-0.4, -0.2) is 28.1 Å². The fourth-order valence-electron chi connectivity index (χ4n) is 1.79. The second kappa shape index (κ2) is 5.80. The number of carboxylic acids is 1. The Morgan fingerprint density at radius 3 is 2.55 bits per heavy atom. The summed E-state index contributed by atoms with van der Waals surface area (Å²) < 4.78 is 0. The third-order valence-electron chi connectivity index (χ3n) is 2.77. The number of rotatable bonds is 4. The van der Waals surface area contributed by atoms with Crippen molar-refractivity contribution in [2.75, 3.05) is 11.9 Å². The minimum atomic E-state index is -0.953. The van der Waals surface area contributed by atoms with E-state index in [2.05, 4.69) is 9.97 Å². The molecule has 0 saturated heterocycles. The van der Waals surface area contributed by atoms with Gasteiger partial charge in [-0.2, -0.15) is 5.26 Å². The molecule has 0 spiro atoms. The summed E-state index contributed by atoms with van der Waals surface area (Å²) >= 11 is 0. The molecule has 20 heavy (non-hydrogen) atoms. The van der Waals surface area contributed by atoms with Crippen LogP contribution in [0.15, 0.2) is 36.7 Å². The maximum Gasteiger partial charge on any atom is 0.335 e. The van der Waals surface area contributed by atoms with E-state index in [0.717, 1.165) is 5.56 Å². The predicted octanol–water partition coefficient (Wildman–Crippen LogP) is 1.68. The van der Waals surface area contributed by atoms with Gasteiger partial charge in [-0.3, -0.25) is 0 Å². The second-order valence-electron chi connectivity index (χ2n) is 4.20. The first kappa shape index (κ1) is 13.5. The maximum atomic E-state index is 10.8. The van der Waals surface area contributed by atoms with Crippen molar-refractivity contribution in [1.82, 2.24) is 9.97 Å². The molecular weight excluding hydrogens is 256 g/mol. The Bertz CT molecular complexity index is 662. The number of hydrogen-bond donors (Lipinski definition) is 1. The van der Waals surface area contributed by atoms with Crippen molar-refractivity contribution < 1.29 is 9.90 Å². The quantitative estimate of drug-likeness (QED) is 0.907. The van der Waals surface area contributed by atoms with Crippen molar-refractivity contribution >= 4 is 11.8 Å². The summed E-state index contributed by atoms with van der Waals surface area (Å²) in [5.41, 5.74) is 1.43. The second-order valence-corrected chi connectivity index (χ2v) is 4.20. The highest BCUT2D eigenvalue weighted by molar-refractivity contribution is 5.87. The Kier molecular flexibility index (Phi) is 3.91. The third kappa shape index (κ3) is 2.90. The van der Waals surface area contributed by atoms with Crippen LogP contribution in [-0.2, 0) is 6.54 Å². The Balaban J connectivity index is 2.17. The molecule has 6 nitrogen and oxygen atoms in total. The Labute approximate surface area is 115 Å². The van der Waals surface area contributed by atoms with Gasteiger partial charge in [0.15, 0.2) is 11.5 Å². The van der Waals surface area contributed by atoms with Gasteiger partial charge >= 0.3 is 5.97 Å². The summed E-state index contributed by atoms with van der Waals surface area (Å²) in [6.07, 6.45) is 3.00. The number of nitrogens with zero attached hydrogens (tertiary/aromatic N) is 4. The van der Waals surface area contributed by atoms with E-state index in [1.54, 1.807) is 36.2 Å². The summed E-state index contributed by atoms with van der Waals surface area (Å²) in [5, 5.41) is 17.8. The van der Waals surface area contributed by atoms with Crippen LogP contribution in [0.5, 0.6) is 0 Å². The highest BCUT2D eigenvalue weighted by Gasteiger charge is 2.10. The predicted molar refractivity (Wildman–Crippen MR) is 72.3 cm³/mol. The van der Waals surface area contributed by atoms with Crippen molar-refractivity contribution in [3.63, 3.8) is 0 Å². The fraction of sp³-hybridized carbons (Fsp3) is 0.143. The summed E-state index contributed by atoms with van der Waals surface area (Å²) in [4.78, 5) is 20.7. The van der Waals surface area contributed by atoms with Crippen LogP contribution in [0.4, 0.5) is 5.82 Å². The maximum absolute atomic E-state index is 10.8. The Morgan fingerprint density at radius 1 is 1.30 bits per heavy atom. The van der Waals surface area contributed by atoms with Crippen molar-refractivity contribution in [1.29, 1.82) is 5.26 Å². The number of carboxylic acid groups (broad SMARTS) is 1. The zero-order chi connectivity index (χ0) is 14.5. The standard InChI is InChI=1S/C14H12N4O2/c1-18(13-12(8-15)16-6-7-17-13)9-10-2-4-11(5-3-10)14(19)20/h2-7H,9H2,1H3,(H,19,20). The highest BCUT2D eigenvalue weighted by atomic mass is 16.4. The average Bonchev–Trinajstić information content (AvgIpc) is 2.47. The van der Waals surface area contributed by atoms with Gasteiger partial charge in [0.05, 0.1) is 5.56 Å². The molecule has 0 radical (unpaired) electrons. The SMILES string of the molecule is CN(Cc1ccc(C(=O)O)cc1)c1nccnc1C#N. The van der Waals surface area contributed by atoms with E-state index in [-0.39, 0.29) is 11.3 Å². The van der Waals surface area contributed by atoms with Crippen LogP contribution in [0.2, 0.25) is 0 Å². The van der Waals surface area contributed by atoms with E-state index >= 15 is 0 Å². The number of carbonyl (C=O) groups is 1. The van der Waals surface area contributed by atoms with E-state index in [1.807, 2.05) is 6.07 Å². The number of hydrogen-bond acceptors (Lipinski definition) is 5. The van der Waals surface area contributed by atoms with Gasteiger partial charge in [0.25, 0.3) is 0 Å². The molecule has 0 aliphatic rings. The number of aromatic carboxylic acids is 1. The molecule has 0 bridgehead atoms. The van der Waals surface area contributed by atoms with Gasteiger partial charge < -0.3 is 10.0 Å². The first-order valence-electron chi connectivity index (χ1n) is 5.86. The van der Waals surface area contributed by atoms with E-state index in [9.17, 15) is 4.79 Å². The number of aromatic nitrogens is 2. The van der Waals surface area contributed by atoms with Gasteiger partial charge in [-0.25, -0.2) is 14.8 Å². The van der Waals surface area contributed by atoms with Crippen LogP contribution in [0, 0.1) is 11.3 Å². The molecule has 1 heterocycles. The molecule has 100 valence electrons. The summed E-state index contributed by atoms with van der Waals surface area (Å²) in [5.74, 6) is -0.456. The van der Waals surface area contributed by atoms with Crippen molar-refractivity contribution in [2.24, 2.45) is 0 Å². The summed E-state index contributed by atoms with van der Waals surface area (Å²) in [6, 6.07) is 8.57. The minimum Gasteiger partial charge on any atom is -0.478 e. The van der Waals surface area contributed by atoms with Crippen LogP contribution in [0.25, 0.3) is 0 Å². The molecule has 0 fully saturated rings. The summed E-state index contributed by atoms with van der Waals surface area (Å²) in [6.45, 7) is 0.507. The van der Waals surface area contributed by atoms with Crippen molar-refractivity contribution in [2.45, 2.75) is 6.54 Å². The van der Waals surface area contributed by atoms with Gasteiger partial charge in [-0.15, -0.1) is 0 Å². The zero-order valence-electron chi connectivity index (χ0n) is 10.8. The first-order valence-corrected chi connectivity index (χ1v) is 5.86. The number of nitriles is 1. The third-order valence-corrected chi connectivity index (χ3v) is 2.77. The topological polar surface area (TPSA) is 90.1 Å². The molecule has 0 atom stereocenters. The van der Waals surface area contributed by atoms with E-state index < -0.39 is 5.97 Å². The molecule has 1 N–H and O–H groups in total. The van der Waals surface area contributed by atoms with Gasteiger partial charge in [-0.1, -0.05) is 12.1 Å². The monoisotopic (exact) mass is 268 g/mol. The van der Waals surface area contributed by atoms with E-state index in [1.165, 1.54) is 12.4 Å². The molecule has 2 rings (SSSR count). The Morgan fingerprint density at radius 2 is 1.95 bits per heavy atom. The first-order chi connectivity index (χ1) is 9.61. The molecule has 1 aromatic carbocycles. The number of benzene rings is 1. The summed E-state index contributed by atoms with van der Waals surface area (Å²) in [7, 11) is 1.80. The van der Waals surface area contributed by atoms with Crippen LogP contribution in [0.1, 0.15) is 21.6 Å². The van der Waals surface area contributed by atoms with Crippen LogP contribution in [0.3, 0.4) is 0 Å². The molecule has 0 saturated carbocycles.